The van der Waals surface area contributed by atoms with Gasteiger partial charge < -0.3 is 39.7 Å². The third kappa shape index (κ3) is 4.29. The third-order valence-electron chi connectivity index (χ3n) is 7.44. The number of fused-ring (bicyclic) bond motifs is 2. The molecule has 2 heterocycles. The zero-order valence-corrected chi connectivity index (χ0v) is 21.5. The lowest BCUT2D eigenvalue weighted by Crippen LogP contribution is -2.45. The molecule has 0 saturated carbocycles. The molecule has 0 bridgehead atoms. The van der Waals surface area contributed by atoms with E-state index >= 15 is 0 Å². The number of phenols is 5. The zero-order chi connectivity index (χ0) is 29.0. The van der Waals surface area contributed by atoms with Gasteiger partial charge in [-0.05, 0) is 35.4 Å². The number of hydrogen-bond acceptors (Lipinski definition) is 10. The molecule has 4 aromatic carbocycles. The summed E-state index contributed by atoms with van der Waals surface area (Å²) in [7, 11) is 1.50. The van der Waals surface area contributed by atoms with Crippen molar-refractivity contribution in [2.75, 3.05) is 7.11 Å². The molecule has 0 fully saturated rings. The number of ether oxygens (including phenoxy) is 3. The molecule has 208 valence electrons. The summed E-state index contributed by atoms with van der Waals surface area (Å²) in [6.45, 7) is 0. The summed E-state index contributed by atoms with van der Waals surface area (Å²) >= 11 is 0. The van der Waals surface area contributed by atoms with Gasteiger partial charge in [0.05, 0.1) is 18.9 Å². The number of aromatic hydroxyl groups is 5. The van der Waals surface area contributed by atoms with Gasteiger partial charge >= 0.3 is 0 Å². The molecule has 0 spiro atoms. The minimum atomic E-state index is -1.30. The highest BCUT2D eigenvalue weighted by atomic mass is 16.5. The van der Waals surface area contributed by atoms with Gasteiger partial charge in [0.1, 0.15) is 69.3 Å². The lowest BCUT2D eigenvalue weighted by molar-refractivity contribution is 0.0129. The summed E-state index contributed by atoms with van der Waals surface area (Å²) in [5.41, 5.74) is 0.493. The van der Waals surface area contributed by atoms with Gasteiger partial charge in [0.2, 0.25) is 0 Å². The van der Waals surface area contributed by atoms with Crippen molar-refractivity contribution >= 4 is 11.6 Å². The Balaban J connectivity index is 1.58. The number of carbonyl (C=O) groups is 2. The molecule has 4 aromatic rings. The van der Waals surface area contributed by atoms with E-state index in [-0.39, 0.29) is 39.9 Å². The van der Waals surface area contributed by atoms with Gasteiger partial charge in [0.15, 0.2) is 11.6 Å². The van der Waals surface area contributed by atoms with E-state index in [2.05, 4.69) is 0 Å². The first-order valence-electron chi connectivity index (χ1n) is 12.6. The van der Waals surface area contributed by atoms with Gasteiger partial charge in [-0.1, -0.05) is 24.3 Å². The Kier molecular flexibility index (Phi) is 6.10. The average molecular weight is 557 g/mol. The summed E-state index contributed by atoms with van der Waals surface area (Å²) in [6, 6.07) is 17.0. The molecule has 41 heavy (non-hydrogen) atoms. The van der Waals surface area contributed by atoms with E-state index in [0.717, 1.165) is 12.1 Å². The van der Waals surface area contributed by atoms with Crippen LogP contribution >= 0.6 is 0 Å². The minimum Gasteiger partial charge on any atom is -0.508 e. The summed E-state index contributed by atoms with van der Waals surface area (Å²) < 4.78 is 17.7. The summed E-state index contributed by atoms with van der Waals surface area (Å²) in [5, 5.41) is 51.4. The third-order valence-corrected chi connectivity index (χ3v) is 7.44. The van der Waals surface area contributed by atoms with Crippen molar-refractivity contribution in [1.29, 1.82) is 0 Å². The number of phenolic OH excluding ortho intramolecular Hbond substituents is 5. The van der Waals surface area contributed by atoms with Crippen LogP contribution in [0.5, 0.6) is 46.0 Å². The van der Waals surface area contributed by atoms with Gasteiger partial charge in [-0.15, -0.1) is 0 Å². The van der Waals surface area contributed by atoms with E-state index in [1.807, 2.05) is 0 Å². The molecule has 0 aromatic heterocycles. The van der Waals surface area contributed by atoms with Crippen molar-refractivity contribution in [2.45, 2.75) is 12.2 Å². The number of benzene rings is 4. The Labute approximate surface area is 233 Å². The highest BCUT2D eigenvalue weighted by Crippen LogP contribution is 2.53. The topological polar surface area (TPSA) is 163 Å². The fourth-order valence-electron chi connectivity index (χ4n) is 5.59. The SMILES string of the molecule is COc1ccc([C@@H]2Oc3cc(O)cc(O)c3C(=O)[C@H]2[C@@H]2C(=O)c3c(O)cc(O)cc3O[C@H]2c2ccc(O)cc2)cc1. The molecule has 2 aliphatic heterocycles. The largest absolute Gasteiger partial charge is 0.508 e. The maximum atomic E-state index is 14.3. The van der Waals surface area contributed by atoms with Crippen LogP contribution in [0, 0.1) is 11.8 Å². The van der Waals surface area contributed by atoms with E-state index in [0.29, 0.717) is 16.9 Å². The molecule has 10 heteroatoms. The van der Waals surface area contributed by atoms with Crippen molar-refractivity contribution in [1.82, 2.24) is 0 Å². The molecule has 10 nitrogen and oxygen atoms in total. The molecule has 4 atom stereocenters. The maximum absolute atomic E-state index is 14.3. The molecular formula is C31H24O10. The van der Waals surface area contributed by atoms with Crippen molar-refractivity contribution < 1.29 is 49.3 Å². The van der Waals surface area contributed by atoms with Gasteiger partial charge in [0, 0.05) is 24.3 Å². The predicted octanol–water partition coefficient (Wildman–Crippen LogP) is 4.79. The summed E-state index contributed by atoms with van der Waals surface area (Å²) in [6.07, 6.45) is -2.23. The van der Waals surface area contributed by atoms with Crippen LogP contribution in [0.4, 0.5) is 0 Å². The van der Waals surface area contributed by atoms with E-state index in [1.165, 1.54) is 43.5 Å². The Morgan fingerprint density at radius 2 is 1.00 bits per heavy atom. The minimum absolute atomic E-state index is 0.0324. The van der Waals surface area contributed by atoms with Crippen LogP contribution < -0.4 is 14.2 Å². The van der Waals surface area contributed by atoms with Crippen molar-refractivity contribution in [3.05, 3.63) is 95.1 Å². The molecule has 0 amide bonds. The smallest absolute Gasteiger partial charge is 0.178 e. The molecular weight excluding hydrogens is 532 g/mol. The van der Waals surface area contributed by atoms with Gasteiger partial charge in [-0.3, -0.25) is 9.59 Å². The van der Waals surface area contributed by atoms with Crippen molar-refractivity contribution in [3.63, 3.8) is 0 Å². The van der Waals surface area contributed by atoms with Crippen LogP contribution in [0.1, 0.15) is 44.1 Å². The van der Waals surface area contributed by atoms with Crippen molar-refractivity contribution in [3.8, 4) is 46.0 Å². The second-order valence-corrected chi connectivity index (χ2v) is 9.90. The van der Waals surface area contributed by atoms with E-state index in [9.17, 15) is 35.1 Å². The average Bonchev–Trinajstić information content (AvgIpc) is 2.93. The molecule has 2 aliphatic rings. The standard InChI is InChI=1S/C31H24O10/c1-39-19-8-4-15(5-9-19)31-27(29(38)25-21(36)11-18(34)13-23(25)41-31)26-28(37)24-20(35)10-17(33)12-22(24)40-30(26)14-2-6-16(32)7-3-14/h2-13,26-27,30-36H,1H3/t26-,27-,30+,31+/m1/s1. The van der Waals surface area contributed by atoms with Gasteiger partial charge in [-0.25, -0.2) is 0 Å². The van der Waals surface area contributed by atoms with Crippen LogP contribution in [0.15, 0.2) is 72.8 Å². The lowest BCUT2D eigenvalue weighted by atomic mass is 9.69. The number of methoxy groups -OCH3 is 1. The summed E-state index contributed by atoms with van der Waals surface area (Å²) in [4.78, 5) is 28.6. The Morgan fingerprint density at radius 1 is 0.585 bits per heavy atom. The van der Waals surface area contributed by atoms with Gasteiger partial charge in [0.25, 0.3) is 0 Å². The molecule has 6 rings (SSSR count). The quantitative estimate of drug-likeness (QED) is 0.236. The van der Waals surface area contributed by atoms with Crippen LogP contribution in [-0.2, 0) is 0 Å². The van der Waals surface area contributed by atoms with Crippen molar-refractivity contribution in [2.24, 2.45) is 11.8 Å². The molecule has 0 saturated heterocycles. The summed E-state index contributed by atoms with van der Waals surface area (Å²) in [5.74, 6) is -5.23. The first-order valence-corrected chi connectivity index (χ1v) is 12.6. The van der Waals surface area contributed by atoms with E-state index in [1.54, 1.807) is 24.3 Å². The van der Waals surface area contributed by atoms with E-state index in [4.69, 9.17) is 14.2 Å². The zero-order valence-electron chi connectivity index (χ0n) is 21.5. The van der Waals surface area contributed by atoms with Crippen LogP contribution in [0.2, 0.25) is 0 Å². The lowest BCUT2D eigenvalue weighted by Gasteiger charge is -2.42. The highest BCUT2D eigenvalue weighted by Gasteiger charge is 2.53. The predicted molar refractivity (Wildman–Crippen MR) is 143 cm³/mol. The second kappa shape index (κ2) is 9.67. The highest BCUT2D eigenvalue weighted by molar-refractivity contribution is 6.11. The fourth-order valence-corrected chi connectivity index (χ4v) is 5.59. The number of Topliss-reactive ketones (excluding diaryl/α,β-unsaturated/α-hetero) is 2. The Bertz CT molecular complexity index is 1680. The second-order valence-electron chi connectivity index (χ2n) is 9.90. The van der Waals surface area contributed by atoms with E-state index < -0.39 is 47.1 Å². The van der Waals surface area contributed by atoms with Crippen LogP contribution in [-0.4, -0.2) is 44.2 Å². The molecule has 0 aliphatic carbocycles. The molecule has 5 N–H and O–H groups in total. The number of ketones is 2. The maximum Gasteiger partial charge on any atom is 0.178 e. The molecule has 0 unspecified atom stereocenters. The van der Waals surface area contributed by atoms with Crippen LogP contribution in [0.3, 0.4) is 0 Å². The first-order chi connectivity index (χ1) is 19.7. The normalized spacial score (nSPS) is 21.3. The Hall–Kier alpha value is -5.38. The van der Waals surface area contributed by atoms with Crippen LogP contribution in [0.25, 0.3) is 0 Å². The van der Waals surface area contributed by atoms with Gasteiger partial charge in [-0.2, -0.15) is 0 Å². The Morgan fingerprint density at radius 3 is 1.41 bits per heavy atom. The monoisotopic (exact) mass is 556 g/mol. The molecule has 0 radical (unpaired) electrons. The number of rotatable bonds is 4. The number of hydrogen-bond donors (Lipinski definition) is 5. The number of carbonyl (C=O) groups excluding carboxylic acids is 2. The first kappa shape index (κ1) is 25.9. The fraction of sp³-hybridized carbons (Fsp3) is 0.161.